The van der Waals surface area contributed by atoms with Gasteiger partial charge in [0.2, 0.25) is 0 Å². The molecule has 6 aromatic carbocycles. The van der Waals surface area contributed by atoms with Crippen molar-refractivity contribution in [1.82, 2.24) is 9.80 Å². The minimum Gasteiger partial charge on any atom is -0.508 e. The molecule has 2 aliphatic heterocycles. The average molecular weight is 925 g/mol. The van der Waals surface area contributed by atoms with Crippen LogP contribution in [0.25, 0.3) is 22.3 Å². The summed E-state index contributed by atoms with van der Waals surface area (Å²) in [6, 6.07) is 54.9. The molecule has 0 aromatic heterocycles. The van der Waals surface area contributed by atoms with E-state index in [-0.39, 0.29) is 24.7 Å². The molecule has 0 amide bonds. The third-order valence-electron chi connectivity index (χ3n) is 14.3. The van der Waals surface area contributed by atoms with Crippen molar-refractivity contribution in [3.05, 3.63) is 191 Å². The number of para-hydroxylation sites is 1. The molecule has 0 radical (unpaired) electrons. The molecular formula is C61H72N4O4. The largest absolute Gasteiger partial charge is 0.508 e. The predicted molar refractivity (Wildman–Crippen MR) is 287 cm³/mol. The lowest BCUT2D eigenvalue weighted by Gasteiger charge is -2.43. The van der Waals surface area contributed by atoms with E-state index >= 15 is 0 Å². The van der Waals surface area contributed by atoms with Crippen LogP contribution in [0.5, 0.6) is 11.5 Å². The van der Waals surface area contributed by atoms with Gasteiger partial charge in [0, 0.05) is 94.6 Å². The highest BCUT2D eigenvalue weighted by molar-refractivity contribution is 6.00. The van der Waals surface area contributed by atoms with Crippen LogP contribution >= 0.6 is 0 Å². The van der Waals surface area contributed by atoms with Gasteiger partial charge in [0.15, 0.2) is 0 Å². The van der Waals surface area contributed by atoms with Crippen molar-refractivity contribution in [3.63, 3.8) is 0 Å². The number of benzene rings is 6. The number of allylic oxidation sites excluding steroid dienone is 2. The molecule has 1 aliphatic carbocycles. The monoisotopic (exact) mass is 925 g/mol. The molecule has 9 rings (SSSR count). The quantitative estimate of drug-likeness (QED) is 0.0714. The number of phenols is 2. The second-order valence-electron chi connectivity index (χ2n) is 19.0. The van der Waals surface area contributed by atoms with Crippen LogP contribution in [0.2, 0.25) is 0 Å². The molecule has 0 spiro atoms. The smallest absolute Gasteiger partial charge is 0.123 e. The van der Waals surface area contributed by atoms with Crippen molar-refractivity contribution in [3.8, 4) is 11.5 Å². The van der Waals surface area contributed by atoms with E-state index < -0.39 is 0 Å². The third-order valence-corrected chi connectivity index (χ3v) is 14.3. The van der Waals surface area contributed by atoms with E-state index in [1.807, 2.05) is 54.6 Å². The Labute approximate surface area is 411 Å². The number of phenolic OH excluding ortho intramolecular Hbond substituents is 2. The van der Waals surface area contributed by atoms with Crippen LogP contribution in [0, 0.1) is 0 Å². The molecule has 0 unspecified atom stereocenters. The van der Waals surface area contributed by atoms with Crippen LogP contribution in [-0.2, 0) is 0 Å². The van der Waals surface area contributed by atoms with Crippen LogP contribution in [-0.4, -0.2) is 108 Å². The number of piperazine rings is 2. The summed E-state index contributed by atoms with van der Waals surface area (Å²) in [5, 5.41) is 39.9. The summed E-state index contributed by atoms with van der Waals surface area (Å²) in [5.41, 5.74) is 13.4. The number of anilines is 2. The zero-order valence-corrected chi connectivity index (χ0v) is 40.8. The lowest BCUT2D eigenvalue weighted by atomic mass is 9.87. The number of rotatable bonds is 16. The Kier molecular flexibility index (Phi) is 17.4. The molecule has 3 aliphatic rings. The van der Waals surface area contributed by atoms with Gasteiger partial charge in [-0.3, -0.25) is 9.80 Å². The number of aliphatic hydroxyl groups excluding tert-OH is 2. The topological polar surface area (TPSA) is 93.9 Å². The Hall–Kier alpha value is -6.16. The number of hydrogen-bond acceptors (Lipinski definition) is 8. The van der Waals surface area contributed by atoms with Crippen LogP contribution in [0.4, 0.5) is 11.4 Å². The van der Waals surface area contributed by atoms with E-state index in [0.29, 0.717) is 18.9 Å². The molecule has 2 saturated heterocycles. The summed E-state index contributed by atoms with van der Waals surface area (Å²) in [5.74, 6) is 0.532. The highest BCUT2D eigenvalue weighted by Gasteiger charge is 2.28. The SMILES string of the molecule is CC(C)N1CCN(c2ccc(/C(=C(/CCCO)c3ccccc3)c3ccccc3O)cc2)CC1.OCCC/C(=C(\c1ccc(O)cc1)c1ccc(N2CCN(C3CCC3)CC2)cc1)c1ccccc1. The van der Waals surface area contributed by atoms with E-state index in [4.69, 9.17) is 0 Å². The first-order valence-corrected chi connectivity index (χ1v) is 25.4. The van der Waals surface area contributed by atoms with Crippen molar-refractivity contribution < 1.29 is 20.4 Å². The molecule has 69 heavy (non-hydrogen) atoms. The molecule has 0 bridgehead atoms. The van der Waals surface area contributed by atoms with Gasteiger partial charge >= 0.3 is 0 Å². The van der Waals surface area contributed by atoms with E-state index in [9.17, 15) is 20.4 Å². The number of aromatic hydroxyl groups is 2. The Balaban J connectivity index is 0.000000186. The highest BCUT2D eigenvalue weighted by atomic mass is 16.3. The molecule has 360 valence electrons. The summed E-state index contributed by atoms with van der Waals surface area (Å²) in [7, 11) is 0. The van der Waals surface area contributed by atoms with Crippen molar-refractivity contribution in [2.75, 3.05) is 75.4 Å². The van der Waals surface area contributed by atoms with Crippen molar-refractivity contribution in [1.29, 1.82) is 0 Å². The summed E-state index contributed by atoms with van der Waals surface area (Å²) < 4.78 is 0. The molecule has 2 heterocycles. The Morgan fingerprint density at radius 3 is 1.36 bits per heavy atom. The summed E-state index contributed by atoms with van der Waals surface area (Å²) in [6.07, 6.45) is 7.02. The highest BCUT2D eigenvalue weighted by Crippen LogP contribution is 2.40. The van der Waals surface area contributed by atoms with Crippen LogP contribution in [0.15, 0.2) is 158 Å². The van der Waals surface area contributed by atoms with Gasteiger partial charge in [-0.2, -0.15) is 0 Å². The van der Waals surface area contributed by atoms with Gasteiger partial charge in [-0.25, -0.2) is 0 Å². The van der Waals surface area contributed by atoms with Crippen molar-refractivity contribution in [2.45, 2.75) is 70.9 Å². The normalized spacial score (nSPS) is 16.6. The summed E-state index contributed by atoms with van der Waals surface area (Å²) in [4.78, 5) is 10.2. The fourth-order valence-corrected chi connectivity index (χ4v) is 10.2. The molecule has 8 nitrogen and oxygen atoms in total. The summed E-state index contributed by atoms with van der Waals surface area (Å²) in [6.45, 7) is 13.5. The molecule has 8 heteroatoms. The molecule has 1 saturated carbocycles. The van der Waals surface area contributed by atoms with Crippen molar-refractivity contribution in [2.24, 2.45) is 0 Å². The Morgan fingerprint density at radius 2 is 0.913 bits per heavy atom. The number of aliphatic hydroxyl groups is 2. The number of nitrogens with zero attached hydrogens (tertiary/aromatic N) is 4. The van der Waals surface area contributed by atoms with E-state index in [1.165, 1.54) is 41.8 Å². The van der Waals surface area contributed by atoms with Gasteiger partial charge < -0.3 is 30.2 Å². The number of hydrogen-bond donors (Lipinski definition) is 4. The lowest BCUT2D eigenvalue weighted by Crippen LogP contribution is -2.52. The van der Waals surface area contributed by atoms with Crippen LogP contribution < -0.4 is 9.80 Å². The van der Waals surface area contributed by atoms with Crippen LogP contribution in [0.3, 0.4) is 0 Å². The van der Waals surface area contributed by atoms with Gasteiger partial charge in [0.1, 0.15) is 11.5 Å². The Bertz CT molecular complexity index is 2560. The maximum atomic E-state index is 10.8. The molecule has 3 fully saturated rings. The molecule has 6 aromatic rings. The second kappa shape index (κ2) is 24.4. The minimum absolute atomic E-state index is 0.131. The van der Waals surface area contributed by atoms with E-state index in [2.05, 4.69) is 118 Å². The molecule has 4 N–H and O–H groups in total. The molecule has 0 atom stereocenters. The van der Waals surface area contributed by atoms with E-state index in [0.717, 1.165) is 116 Å². The maximum absolute atomic E-state index is 10.8. The average Bonchev–Trinajstić information content (AvgIpc) is 3.38. The fraction of sp³-hybridized carbons (Fsp3) is 0.344. The summed E-state index contributed by atoms with van der Waals surface area (Å²) >= 11 is 0. The van der Waals surface area contributed by atoms with Gasteiger partial charge in [-0.1, -0.05) is 122 Å². The lowest BCUT2D eigenvalue weighted by molar-refractivity contribution is 0.120. The predicted octanol–water partition coefficient (Wildman–Crippen LogP) is 11.5. The standard InChI is InChI=1S/C31H36N2O2.C30H36N2O2/c34-23-5-10-30(24-6-2-1-3-7-24)31(26-13-17-29(35)18-14-26)25-11-15-28(16-12-25)33-21-19-32(20-22-33)27-8-4-9-27;1-23(2)31-18-20-32(21-19-31)26-16-14-25(15-17-26)30(28-11-6-7-13-29(28)34)27(12-8-22-33)24-9-4-3-5-10-24/h1-3,6-7,11-18,27,34-35H,4-5,8-10,19-23H2;3-7,9-11,13-17,23,33-34H,8,12,18-22H2,1-2H3/b31-30+;30-27+. The minimum atomic E-state index is 0.131. The van der Waals surface area contributed by atoms with Gasteiger partial charge in [-0.05, 0) is 145 Å². The first-order chi connectivity index (χ1) is 33.8. The van der Waals surface area contributed by atoms with Gasteiger partial charge in [0.05, 0.1) is 0 Å². The first kappa shape index (κ1) is 49.3. The van der Waals surface area contributed by atoms with Gasteiger partial charge in [-0.15, -0.1) is 0 Å². The zero-order valence-electron chi connectivity index (χ0n) is 40.8. The van der Waals surface area contributed by atoms with Crippen molar-refractivity contribution >= 4 is 33.7 Å². The van der Waals surface area contributed by atoms with Gasteiger partial charge in [0.25, 0.3) is 0 Å². The van der Waals surface area contributed by atoms with Crippen LogP contribution in [0.1, 0.15) is 92.2 Å². The zero-order chi connectivity index (χ0) is 48.0. The van der Waals surface area contributed by atoms with E-state index in [1.54, 1.807) is 18.2 Å². The first-order valence-electron chi connectivity index (χ1n) is 25.4. The maximum Gasteiger partial charge on any atom is 0.123 e. The third kappa shape index (κ3) is 12.5. The Morgan fingerprint density at radius 1 is 0.478 bits per heavy atom. The molecular weight excluding hydrogens is 853 g/mol. The second-order valence-corrected chi connectivity index (χ2v) is 19.0. The fourth-order valence-electron chi connectivity index (χ4n) is 10.2.